The molecule has 274 valence electrons. The molecule has 0 bridgehead atoms. The number of hydrogen-bond acceptors (Lipinski definition) is 13. The van der Waals surface area contributed by atoms with Crippen LogP contribution in [0.1, 0.15) is 21.0 Å². The third kappa shape index (κ3) is 8.32. The standard InChI is InChI=1S/C38H29ClN4O11/c1-50-21-3-7-23(8-4-21)52-25-11-13-27-20(15-25)17-40-32(34(27)46)37(48)41-18-30(44)54-31(45)19-42-38(49)33-35(47)29-16-26(12-14-28(29)36(39)43-33)53-24-9-5-22(51-2)6-10-24/h3-17,46-47H,18-19H2,1-2H3,(H,41,48)(H,42,49). The first-order valence-electron chi connectivity index (χ1n) is 15.9. The molecule has 0 aliphatic carbocycles. The van der Waals surface area contributed by atoms with Crippen LogP contribution in [-0.2, 0) is 14.3 Å². The average Bonchev–Trinajstić information content (AvgIpc) is 3.18. The lowest BCUT2D eigenvalue weighted by molar-refractivity contribution is -0.158. The largest absolute Gasteiger partial charge is 0.505 e. The molecule has 4 aromatic carbocycles. The highest BCUT2D eigenvalue weighted by Gasteiger charge is 2.22. The van der Waals surface area contributed by atoms with Gasteiger partial charge in [-0.05, 0) is 84.9 Å². The number of ether oxygens (including phenoxy) is 5. The van der Waals surface area contributed by atoms with E-state index < -0.39 is 54.0 Å². The van der Waals surface area contributed by atoms with E-state index in [0.717, 1.165) is 0 Å². The van der Waals surface area contributed by atoms with Crippen LogP contribution in [0.15, 0.2) is 91.1 Å². The number of carbonyl (C=O) groups excluding carboxylic acids is 4. The first-order chi connectivity index (χ1) is 26.0. The zero-order chi connectivity index (χ0) is 38.4. The van der Waals surface area contributed by atoms with Gasteiger partial charge >= 0.3 is 11.9 Å². The lowest BCUT2D eigenvalue weighted by atomic mass is 10.1. The summed E-state index contributed by atoms with van der Waals surface area (Å²) in [5.74, 6) is -2.12. The van der Waals surface area contributed by atoms with Gasteiger partial charge in [0.1, 0.15) is 52.7 Å². The number of hydrogen-bond donors (Lipinski definition) is 4. The molecular weight excluding hydrogens is 724 g/mol. The van der Waals surface area contributed by atoms with Crippen molar-refractivity contribution >= 4 is 56.9 Å². The Bertz CT molecular complexity index is 2410. The van der Waals surface area contributed by atoms with Gasteiger partial charge in [-0.2, -0.15) is 0 Å². The van der Waals surface area contributed by atoms with Crippen LogP contribution in [0.25, 0.3) is 21.5 Å². The topological polar surface area (TPSA) is 205 Å². The van der Waals surface area contributed by atoms with E-state index in [9.17, 15) is 29.4 Å². The van der Waals surface area contributed by atoms with Crippen molar-refractivity contribution in [2.45, 2.75) is 0 Å². The molecule has 6 rings (SSSR count). The van der Waals surface area contributed by atoms with Gasteiger partial charge in [-0.25, -0.2) is 19.6 Å². The van der Waals surface area contributed by atoms with Crippen LogP contribution in [0, 0.1) is 0 Å². The summed E-state index contributed by atoms with van der Waals surface area (Å²) in [6, 6.07) is 23.1. The Hall–Kier alpha value is -7.13. The van der Waals surface area contributed by atoms with Gasteiger partial charge in [-0.15, -0.1) is 0 Å². The van der Waals surface area contributed by atoms with Crippen molar-refractivity contribution in [3.63, 3.8) is 0 Å². The second-order valence-corrected chi connectivity index (χ2v) is 11.6. The van der Waals surface area contributed by atoms with Crippen LogP contribution in [0.4, 0.5) is 0 Å². The lowest BCUT2D eigenvalue weighted by Crippen LogP contribution is -2.36. The molecule has 0 radical (unpaired) electrons. The molecule has 0 saturated carbocycles. The lowest BCUT2D eigenvalue weighted by Gasteiger charge is -2.12. The van der Waals surface area contributed by atoms with E-state index in [-0.39, 0.29) is 16.2 Å². The monoisotopic (exact) mass is 752 g/mol. The van der Waals surface area contributed by atoms with Gasteiger partial charge in [-0.1, -0.05) is 11.6 Å². The highest BCUT2D eigenvalue weighted by molar-refractivity contribution is 6.35. The van der Waals surface area contributed by atoms with E-state index in [1.165, 1.54) is 19.4 Å². The molecule has 0 unspecified atom stereocenters. The zero-order valence-electron chi connectivity index (χ0n) is 28.4. The van der Waals surface area contributed by atoms with Gasteiger partial charge in [0, 0.05) is 27.7 Å². The number of nitrogens with zero attached hydrogens (tertiary/aromatic N) is 2. The number of fused-ring (bicyclic) bond motifs is 2. The summed E-state index contributed by atoms with van der Waals surface area (Å²) in [7, 11) is 3.09. The number of aromatic hydroxyl groups is 2. The predicted octanol–water partition coefficient (Wildman–Crippen LogP) is 5.68. The van der Waals surface area contributed by atoms with Crippen LogP contribution in [0.5, 0.6) is 46.0 Å². The molecule has 0 fully saturated rings. The number of carbonyl (C=O) groups is 4. The van der Waals surface area contributed by atoms with Crippen molar-refractivity contribution in [2.75, 3.05) is 27.3 Å². The van der Waals surface area contributed by atoms with Crippen molar-refractivity contribution < 1.29 is 53.1 Å². The Kier molecular flexibility index (Phi) is 10.9. The normalized spacial score (nSPS) is 10.7. The molecule has 15 nitrogen and oxygen atoms in total. The Morgan fingerprint density at radius 1 is 0.611 bits per heavy atom. The average molecular weight is 753 g/mol. The van der Waals surface area contributed by atoms with E-state index >= 15 is 0 Å². The number of aromatic nitrogens is 2. The number of nitrogens with one attached hydrogen (secondary N) is 2. The second-order valence-electron chi connectivity index (χ2n) is 11.3. The smallest absolute Gasteiger partial charge is 0.333 e. The summed E-state index contributed by atoms with van der Waals surface area (Å²) in [6.45, 7) is -1.57. The Balaban J connectivity index is 1.02. The molecule has 0 saturated heterocycles. The minimum Gasteiger partial charge on any atom is -0.505 e. The van der Waals surface area contributed by atoms with E-state index in [2.05, 4.69) is 25.3 Å². The molecule has 16 heteroatoms. The van der Waals surface area contributed by atoms with Gasteiger partial charge in [0.25, 0.3) is 11.8 Å². The summed E-state index contributed by atoms with van der Waals surface area (Å²) >= 11 is 6.28. The van der Waals surface area contributed by atoms with Crippen molar-refractivity contribution in [1.82, 2.24) is 20.6 Å². The molecule has 0 spiro atoms. The van der Waals surface area contributed by atoms with E-state index in [0.29, 0.717) is 50.7 Å². The summed E-state index contributed by atoms with van der Waals surface area (Å²) in [5, 5.41) is 27.2. The fourth-order valence-electron chi connectivity index (χ4n) is 5.11. The van der Waals surface area contributed by atoms with Crippen molar-refractivity contribution in [3.05, 3.63) is 108 Å². The molecule has 2 aromatic heterocycles. The van der Waals surface area contributed by atoms with E-state index in [4.69, 9.17) is 30.5 Å². The van der Waals surface area contributed by atoms with Gasteiger partial charge in [0.05, 0.1) is 14.2 Å². The van der Waals surface area contributed by atoms with E-state index in [1.54, 1.807) is 86.0 Å². The third-order valence-electron chi connectivity index (χ3n) is 7.77. The molecule has 0 aliphatic rings. The molecule has 2 amide bonds. The molecule has 6 aromatic rings. The maximum absolute atomic E-state index is 12.9. The summed E-state index contributed by atoms with van der Waals surface area (Å²) in [5.41, 5.74) is -0.873. The fourth-order valence-corrected chi connectivity index (χ4v) is 5.36. The zero-order valence-corrected chi connectivity index (χ0v) is 29.2. The summed E-state index contributed by atoms with van der Waals surface area (Å²) < 4.78 is 26.6. The van der Waals surface area contributed by atoms with Crippen LogP contribution in [0.3, 0.4) is 0 Å². The Labute approximate surface area is 311 Å². The highest BCUT2D eigenvalue weighted by atomic mass is 35.5. The van der Waals surface area contributed by atoms with Gasteiger partial charge in [-0.3, -0.25) is 9.59 Å². The fraction of sp³-hybridized carbons (Fsp3) is 0.105. The molecule has 54 heavy (non-hydrogen) atoms. The molecule has 2 heterocycles. The maximum Gasteiger partial charge on any atom is 0.333 e. The van der Waals surface area contributed by atoms with Crippen molar-refractivity contribution in [2.24, 2.45) is 0 Å². The Morgan fingerprint density at radius 3 is 1.63 bits per heavy atom. The van der Waals surface area contributed by atoms with Gasteiger partial charge in [0.2, 0.25) is 0 Å². The predicted molar refractivity (Wildman–Crippen MR) is 194 cm³/mol. The molecular formula is C38H29ClN4O11. The SMILES string of the molecule is COc1ccc(Oc2ccc3c(O)c(C(=O)NCC(=O)OC(=O)CNC(=O)c4nc(Cl)c5ccc(Oc6ccc(OC)cc6)cc5c4O)ncc3c2)cc1. The minimum atomic E-state index is -1.18. The number of halogens is 1. The van der Waals surface area contributed by atoms with Gasteiger partial charge < -0.3 is 44.5 Å². The molecule has 0 atom stereocenters. The number of rotatable bonds is 12. The number of methoxy groups -OCH3 is 2. The Morgan fingerprint density at radius 2 is 1.07 bits per heavy atom. The third-order valence-corrected chi connectivity index (χ3v) is 8.06. The van der Waals surface area contributed by atoms with Crippen molar-refractivity contribution in [3.8, 4) is 46.0 Å². The summed E-state index contributed by atoms with van der Waals surface area (Å²) in [4.78, 5) is 58.2. The number of benzene rings is 4. The first-order valence-corrected chi connectivity index (χ1v) is 16.3. The van der Waals surface area contributed by atoms with Crippen LogP contribution < -0.4 is 29.6 Å². The number of pyridine rings is 2. The van der Waals surface area contributed by atoms with Crippen LogP contribution >= 0.6 is 11.6 Å². The maximum atomic E-state index is 12.9. The quantitative estimate of drug-likeness (QED) is 0.0676. The van der Waals surface area contributed by atoms with Crippen LogP contribution in [-0.4, -0.2) is 71.2 Å². The number of esters is 2. The minimum absolute atomic E-state index is 0.104. The van der Waals surface area contributed by atoms with E-state index in [1.807, 2.05) is 0 Å². The van der Waals surface area contributed by atoms with Gasteiger partial charge in [0.15, 0.2) is 22.9 Å². The van der Waals surface area contributed by atoms with Crippen LogP contribution in [0.2, 0.25) is 5.15 Å². The first kappa shape index (κ1) is 36.7. The molecule has 4 N–H and O–H groups in total. The summed E-state index contributed by atoms with van der Waals surface area (Å²) in [6.07, 6.45) is 1.35. The molecule has 0 aliphatic heterocycles. The van der Waals surface area contributed by atoms with Crippen molar-refractivity contribution in [1.29, 1.82) is 0 Å². The second kappa shape index (κ2) is 16.0. The number of amides is 2. The highest BCUT2D eigenvalue weighted by Crippen LogP contribution is 2.36.